The van der Waals surface area contributed by atoms with Gasteiger partial charge < -0.3 is 15.2 Å². The van der Waals surface area contributed by atoms with Crippen LogP contribution in [-0.2, 0) is 19.5 Å². The predicted octanol–water partition coefficient (Wildman–Crippen LogP) is 0.971. The Bertz CT molecular complexity index is 521. The summed E-state index contributed by atoms with van der Waals surface area (Å²) in [4.78, 5) is 0.0444. The number of hydrogen-bond donors (Lipinski definition) is 2. The van der Waals surface area contributed by atoms with Crippen LogP contribution in [0.15, 0.2) is 27.6 Å². The van der Waals surface area contributed by atoms with Gasteiger partial charge in [-0.2, -0.15) is 0 Å². The third kappa shape index (κ3) is 4.73. The molecule has 0 heterocycles. The number of anilines is 1. The summed E-state index contributed by atoms with van der Waals surface area (Å²) < 4.78 is 37.3. The maximum Gasteiger partial charge on any atom is 0.242 e. The number of nitrogens with two attached hydrogens (primary N) is 1. The van der Waals surface area contributed by atoms with Gasteiger partial charge in [0.15, 0.2) is 0 Å². The van der Waals surface area contributed by atoms with Gasteiger partial charge in [0.05, 0.1) is 18.4 Å². The summed E-state index contributed by atoms with van der Waals surface area (Å²) in [6.07, 6.45) is -0.351. The van der Waals surface area contributed by atoms with E-state index in [-0.39, 0.29) is 23.2 Å². The Hall–Kier alpha value is -0.670. The van der Waals surface area contributed by atoms with Crippen molar-refractivity contribution in [2.24, 2.45) is 0 Å². The number of benzene rings is 1. The molecule has 1 aromatic carbocycles. The van der Waals surface area contributed by atoms with Crippen molar-refractivity contribution in [2.45, 2.75) is 11.0 Å². The summed E-state index contributed by atoms with van der Waals surface area (Å²) in [7, 11) is -0.649. The second-order valence-corrected chi connectivity index (χ2v) is 6.50. The van der Waals surface area contributed by atoms with Crippen LogP contribution in [0.4, 0.5) is 5.69 Å². The molecule has 1 unspecified atom stereocenters. The van der Waals surface area contributed by atoms with Crippen molar-refractivity contribution in [3.8, 4) is 0 Å². The second kappa shape index (κ2) is 7.20. The quantitative estimate of drug-likeness (QED) is 0.713. The molecule has 0 aliphatic rings. The Morgan fingerprint density at radius 3 is 2.63 bits per heavy atom. The van der Waals surface area contributed by atoms with Crippen molar-refractivity contribution >= 4 is 31.6 Å². The topological polar surface area (TPSA) is 90.7 Å². The number of nitrogens with one attached hydrogen (secondary N) is 1. The molecule has 0 fully saturated rings. The van der Waals surface area contributed by atoms with E-state index in [1.54, 1.807) is 6.07 Å². The number of methoxy groups -OCH3 is 2. The lowest BCUT2D eigenvalue weighted by atomic mass is 10.3. The fourth-order valence-corrected chi connectivity index (χ4v) is 3.00. The smallest absolute Gasteiger partial charge is 0.242 e. The van der Waals surface area contributed by atoms with Crippen LogP contribution in [0.1, 0.15) is 0 Å². The Morgan fingerprint density at radius 2 is 2.11 bits per heavy atom. The van der Waals surface area contributed by atoms with Crippen molar-refractivity contribution in [1.29, 1.82) is 0 Å². The van der Waals surface area contributed by atoms with Gasteiger partial charge in [-0.3, -0.25) is 0 Å². The largest absolute Gasteiger partial charge is 0.398 e. The Morgan fingerprint density at radius 1 is 1.42 bits per heavy atom. The molecule has 108 valence electrons. The van der Waals surface area contributed by atoms with Crippen LogP contribution in [0.2, 0.25) is 0 Å². The van der Waals surface area contributed by atoms with Gasteiger partial charge in [-0.25, -0.2) is 13.1 Å². The van der Waals surface area contributed by atoms with Gasteiger partial charge in [-0.05, 0) is 18.2 Å². The van der Waals surface area contributed by atoms with Crippen molar-refractivity contribution in [3.63, 3.8) is 0 Å². The highest BCUT2D eigenvalue weighted by molar-refractivity contribution is 9.10. The van der Waals surface area contributed by atoms with Gasteiger partial charge in [0.25, 0.3) is 0 Å². The average molecular weight is 353 g/mol. The van der Waals surface area contributed by atoms with E-state index in [1.165, 1.54) is 26.4 Å². The lowest BCUT2D eigenvalue weighted by Gasteiger charge is -2.15. The first-order valence-corrected chi connectivity index (χ1v) is 7.74. The van der Waals surface area contributed by atoms with Crippen LogP contribution in [0.25, 0.3) is 0 Å². The van der Waals surface area contributed by atoms with E-state index in [0.29, 0.717) is 6.61 Å². The van der Waals surface area contributed by atoms with E-state index >= 15 is 0 Å². The fourth-order valence-electron chi connectivity index (χ4n) is 1.44. The first-order chi connectivity index (χ1) is 8.90. The highest BCUT2D eigenvalue weighted by Gasteiger charge is 2.19. The zero-order valence-corrected chi connectivity index (χ0v) is 13.1. The highest BCUT2D eigenvalue weighted by Crippen LogP contribution is 2.22. The molecule has 0 amide bonds. The van der Waals surface area contributed by atoms with E-state index in [1.807, 2.05) is 0 Å². The van der Waals surface area contributed by atoms with Gasteiger partial charge in [0, 0.05) is 25.2 Å². The minimum Gasteiger partial charge on any atom is -0.398 e. The molecule has 3 N–H and O–H groups in total. The molecular weight excluding hydrogens is 336 g/mol. The zero-order valence-electron chi connectivity index (χ0n) is 10.7. The minimum absolute atomic E-state index is 0.0444. The molecule has 8 heteroatoms. The number of nitrogen functional groups attached to an aromatic ring is 1. The molecule has 0 spiro atoms. The molecule has 0 aromatic heterocycles. The normalized spacial score (nSPS) is 13.4. The van der Waals surface area contributed by atoms with Crippen LogP contribution in [0.3, 0.4) is 0 Å². The standard InChI is InChI=1S/C11H17BrN2O4S/c1-17-7-9(18-2)6-14-19(15,16)11-4-3-8(12)5-10(11)13/h3-5,9,14H,6-7,13H2,1-2H3. The van der Waals surface area contributed by atoms with Gasteiger partial charge in [-0.1, -0.05) is 15.9 Å². The molecule has 0 saturated carbocycles. The van der Waals surface area contributed by atoms with E-state index in [0.717, 1.165) is 4.47 Å². The molecule has 0 saturated heterocycles. The molecule has 19 heavy (non-hydrogen) atoms. The molecule has 6 nitrogen and oxygen atoms in total. The van der Waals surface area contributed by atoms with Crippen LogP contribution in [-0.4, -0.2) is 41.9 Å². The monoisotopic (exact) mass is 352 g/mol. The maximum atomic E-state index is 12.1. The van der Waals surface area contributed by atoms with Crippen molar-refractivity contribution in [3.05, 3.63) is 22.7 Å². The molecular formula is C11H17BrN2O4S. The summed E-state index contributed by atoms with van der Waals surface area (Å²) in [6, 6.07) is 4.60. The summed E-state index contributed by atoms with van der Waals surface area (Å²) >= 11 is 3.23. The first-order valence-electron chi connectivity index (χ1n) is 5.47. The Labute approximate surface area is 121 Å². The molecule has 1 aromatic rings. The summed E-state index contributed by atoms with van der Waals surface area (Å²) in [5.74, 6) is 0. The maximum absolute atomic E-state index is 12.1. The second-order valence-electron chi connectivity index (χ2n) is 3.85. The summed E-state index contributed by atoms with van der Waals surface area (Å²) in [6.45, 7) is 0.414. The van der Waals surface area contributed by atoms with Crippen LogP contribution in [0, 0.1) is 0 Å². The molecule has 0 radical (unpaired) electrons. The van der Waals surface area contributed by atoms with Gasteiger partial charge >= 0.3 is 0 Å². The van der Waals surface area contributed by atoms with Crippen LogP contribution >= 0.6 is 15.9 Å². The average Bonchev–Trinajstić information content (AvgIpc) is 2.34. The number of rotatable bonds is 7. The van der Waals surface area contributed by atoms with Gasteiger partial charge in [-0.15, -0.1) is 0 Å². The summed E-state index contributed by atoms with van der Waals surface area (Å²) in [5.41, 5.74) is 5.88. The highest BCUT2D eigenvalue weighted by atomic mass is 79.9. The van der Waals surface area contributed by atoms with Gasteiger partial charge in [0.1, 0.15) is 4.90 Å². The molecule has 0 aliphatic carbocycles. The number of halogens is 1. The Kier molecular flexibility index (Phi) is 6.21. The number of hydrogen-bond acceptors (Lipinski definition) is 5. The molecule has 0 aliphatic heterocycles. The third-order valence-electron chi connectivity index (χ3n) is 2.45. The van der Waals surface area contributed by atoms with Crippen molar-refractivity contribution in [2.75, 3.05) is 33.1 Å². The lowest BCUT2D eigenvalue weighted by molar-refractivity contribution is 0.0320. The number of ether oxygens (including phenoxy) is 2. The molecule has 1 rings (SSSR count). The molecule has 0 bridgehead atoms. The van der Waals surface area contributed by atoms with Gasteiger partial charge in [0.2, 0.25) is 10.0 Å². The minimum atomic E-state index is -3.66. The number of sulfonamides is 1. The lowest BCUT2D eigenvalue weighted by Crippen LogP contribution is -2.35. The zero-order chi connectivity index (χ0) is 14.5. The molecule has 1 atom stereocenters. The van der Waals surface area contributed by atoms with E-state index < -0.39 is 10.0 Å². The van der Waals surface area contributed by atoms with E-state index in [4.69, 9.17) is 15.2 Å². The van der Waals surface area contributed by atoms with Crippen molar-refractivity contribution in [1.82, 2.24) is 4.72 Å². The Balaban J connectivity index is 2.81. The van der Waals surface area contributed by atoms with Crippen molar-refractivity contribution < 1.29 is 17.9 Å². The summed E-state index contributed by atoms with van der Waals surface area (Å²) in [5, 5.41) is 0. The SMILES string of the molecule is COCC(CNS(=O)(=O)c1ccc(Br)cc1N)OC. The predicted molar refractivity (Wildman–Crippen MR) is 76.4 cm³/mol. The van der Waals surface area contributed by atoms with Crippen LogP contribution < -0.4 is 10.5 Å². The van der Waals surface area contributed by atoms with Crippen LogP contribution in [0.5, 0.6) is 0 Å². The fraction of sp³-hybridized carbons (Fsp3) is 0.455. The van der Waals surface area contributed by atoms with E-state index in [9.17, 15) is 8.42 Å². The third-order valence-corrected chi connectivity index (χ3v) is 4.44. The first kappa shape index (κ1) is 16.4. The van der Waals surface area contributed by atoms with E-state index in [2.05, 4.69) is 20.7 Å².